The third kappa shape index (κ3) is 6.81. The Morgan fingerprint density at radius 1 is 0.930 bits per heavy atom. The Kier molecular flexibility index (Phi) is 10.5. The van der Waals surface area contributed by atoms with E-state index in [2.05, 4.69) is 49.3 Å². The van der Waals surface area contributed by atoms with Gasteiger partial charge in [0.25, 0.3) is 10.9 Å². The van der Waals surface area contributed by atoms with Gasteiger partial charge in [-0.25, -0.2) is 0 Å². The number of ether oxygens (including phenoxy) is 1. The summed E-state index contributed by atoms with van der Waals surface area (Å²) < 4.78 is 6.37. The van der Waals surface area contributed by atoms with Crippen LogP contribution in [0.25, 0.3) is 0 Å². The molecule has 242 valence electrons. The molecule has 7 atom stereocenters. The van der Waals surface area contributed by atoms with E-state index in [0.29, 0.717) is 41.9 Å². The molecule has 4 aliphatic carbocycles. The predicted molar refractivity (Wildman–Crippen MR) is 180 cm³/mol. The lowest BCUT2D eigenvalue weighted by atomic mass is 9.47. The van der Waals surface area contributed by atoms with Crippen LogP contribution in [0.4, 0.5) is 11.4 Å². The van der Waals surface area contributed by atoms with Gasteiger partial charge in [0.15, 0.2) is 0 Å². The van der Waals surface area contributed by atoms with Crippen LogP contribution in [0, 0.1) is 40.4 Å². The number of unbranched alkanes of at least 4 members (excludes halogenated alkanes) is 1. The first-order valence-electron chi connectivity index (χ1n) is 17.8. The van der Waals surface area contributed by atoms with Crippen molar-refractivity contribution < 1.29 is 4.74 Å². The lowest BCUT2D eigenvalue weighted by Gasteiger charge is -2.58. The monoisotopic (exact) mass is 595 g/mol. The van der Waals surface area contributed by atoms with Crippen LogP contribution in [0.2, 0.25) is 0 Å². The first kappa shape index (κ1) is 32.7. The number of fused-ring (bicyclic) bond motifs is 5. The van der Waals surface area contributed by atoms with E-state index in [1.165, 1.54) is 64.2 Å². The largest absolute Gasteiger partial charge is 0.380 e. The third-order valence-electron chi connectivity index (χ3n) is 12.6. The van der Waals surface area contributed by atoms with Crippen molar-refractivity contribution in [1.82, 2.24) is 4.90 Å². The highest BCUT2D eigenvalue weighted by molar-refractivity contribution is 5.73. The number of hydrogen-bond donors (Lipinski definition) is 2. The second kappa shape index (κ2) is 13.8. The van der Waals surface area contributed by atoms with E-state index in [0.717, 1.165) is 55.4 Å². The molecule has 1 aromatic rings. The smallest absolute Gasteiger partial charge is 0.253 e. The fourth-order valence-corrected chi connectivity index (χ4v) is 10.0. The molecule has 43 heavy (non-hydrogen) atoms. The number of rotatable bonds is 15. The molecule has 7 unspecified atom stereocenters. The average Bonchev–Trinajstić information content (AvgIpc) is 3.31. The zero-order valence-corrected chi connectivity index (χ0v) is 28.2. The summed E-state index contributed by atoms with van der Waals surface area (Å²) in [6.45, 7) is 12.7. The van der Waals surface area contributed by atoms with Crippen molar-refractivity contribution in [3.05, 3.63) is 32.1 Å². The summed E-state index contributed by atoms with van der Waals surface area (Å²) >= 11 is 0. The molecule has 0 saturated heterocycles. The second-order valence-corrected chi connectivity index (χ2v) is 15.9. The van der Waals surface area contributed by atoms with Gasteiger partial charge in [-0.1, -0.05) is 58.6 Å². The van der Waals surface area contributed by atoms with Gasteiger partial charge < -0.3 is 20.3 Å². The van der Waals surface area contributed by atoms with Crippen LogP contribution in [0.1, 0.15) is 111 Å². The second-order valence-electron chi connectivity index (χ2n) is 15.9. The third-order valence-corrected chi connectivity index (χ3v) is 12.6. The minimum absolute atomic E-state index is 0.254. The summed E-state index contributed by atoms with van der Waals surface area (Å²) in [6.07, 6.45) is 20.0. The van der Waals surface area contributed by atoms with Gasteiger partial charge in [0.2, 0.25) is 0 Å². The normalized spacial score (nSPS) is 33.8. The summed E-state index contributed by atoms with van der Waals surface area (Å²) in [5.41, 5.74) is 2.64. The Bertz CT molecular complexity index is 1180. The molecule has 0 bridgehead atoms. The van der Waals surface area contributed by atoms with Crippen LogP contribution in [0.15, 0.2) is 21.2 Å². The van der Waals surface area contributed by atoms with Crippen LogP contribution >= 0.6 is 0 Å². The first-order chi connectivity index (χ1) is 20.5. The van der Waals surface area contributed by atoms with Gasteiger partial charge in [0.1, 0.15) is 11.4 Å². The van der Waals surface area contributed by atoms with Crippen LogP contribution in [0.3, 0.4) is 0 Å². The molecule has 6 heteroatoms. The van der Waals surface area contributed by atoms with Gasteiger partial charge in [-0.05, 0) is 125 Å². The van der Waals surface area contributed by atoms with Gasteiger partial charge >= 0.3 is 0 Å². The highest BCUT2D eigenvalue weighted by atomic mass is 16.5. The zero-order valence-electron chi connectivity index (χ0n) is 28.2. The average molecular weight is 596 g/mol. The minimum atomic E-state index is -0.409. The van der Waals surface area contributed by atoms with E-state index in [9.17, 15) is 9.59 Å². The van der Waals surface area contributed by atoms with Crippen molar-refractivity contribution in [2.24, 2.45) is 40.4 Å². The Balaban J connectivity index is 1.10. The van der Waals surface area contributed by atoms with E-state index >= 15 is 0 Å². The molecule has 0 amide bonds. The molecular weight excluding hydrogens is 534 g/mol. The van der Waals surface area contributed by atoms with Gasteiger partial charge in [0.05, 0.1) is 12.7 Å². The summed E-state index contributed by atoms with van der Waals surface area (Å²) in [4.78, 5) is 26.3. The zero-order chi connectivity index (χ0) is 30.8. The van der Waals surface area contributed by atoms with Gasteiger partial charge in [-0.3, -0.25) is 9.59 Å². The summed E-state index contributed by atoms with van der Waals surface area (Å²) in [7, 11) is 4.06. The number of nitrogens with one attached hydrogen (secondary N) is 2. The number of nitrogens with zero attached hydrogens (tertiary/aromatic N) is 1. The number of allylic oxidation sites excluding steroid dienone is 1. The maximum atomic E-state index is 12.1. The topological polar surface area (TPSA) is 70.7 Å². The molecule has 0 radical (unpaired) electrons. The molecule has 3 fully saturated rings. The van der Waals surface area contributed by atoms with E-state index in [-0.39, 0.29) is 6.10 Å². The maximum absolute atomic E-state index is 12.1. The van der Waals surface area contributed by atoms with Gasteiger partial charge in [-0.15, -0.1) is 0 Å². The molecule has 0 heterocycles. The van der Waals surface area contributed by atoms with Crippen molar-refractivity contribution in [2.75, 3.05) is 51.0 Å². The van der Waals surface area contributed by atoms with Gasteiger partial charge in [-0.2, -0.15) is 0 Å². The van der Waals surface area contributed by atoms with Crippen molar-refractivity contribution in [3.63, 3.8) is 0 Å². The maximum Gasteiger partial charge on any atom is 0.253 e. The van der Waals surface area contributed by atoms with E-state index in [1.807, 2.05) is 14.1 Å². The summed E-state index contributed by atoms with van der Waals surface area (Å²) in [5.74, 6) is 4.41. The van der Waals surface area contributed by atoms with Crippen LogP contribution in [-0.4, -0.2) is 51.3 Å². The van der Waals surface area contributed by atoms with Crippen molar-refractivity contribution in [2.45, 2.75) is 117 Å². The highest BCUT2D eigenvalue weighted by Gasteiger charge is 2.58. The SMILES string of the molecule is CC(C)CCCCC1CCC2C3CC=C4CC(OCCNc5c(NCCCN(C)C)c(=O)c5=O)CCC4(C)C3CCC12C. The number of hydrogen-bond acceptors (Lipinski definition) is 6. The van der Waals surface area contributed by atoms with Crippen molar-refractivity contribution in [1.29, 1.82) is 0 Å². The molecule has 0 aromatic heterocycles. The van der Waals surface area contributed by atoms with Gasteiger partial charge in [0, 0.05) is 13.1 Å². The Morgan fingerprint density at radius 3 is 2.40 bits per heavy atom. The van der Waals surface area contributed by atoms with Crippen LogP contribution < -0.4 is 21.5 Å². The molecule has 3 saturated carbocycles. The van der Waals surface area contributed by atoms with Crippen molar-refractivity contribution >= 4 is 11.4 Å². The lowest BCUT2D eigenvalue weighted by Crippen LogP contribution is -2.50. The Morgan fingerprint density at radius 2 is 1.67 bits per heavy atom. The minimum Gasteiger partial charge on any atom is -0.380 e. The molecule has 5 rings (SSSR count). The van der Waals surface area contributed by atoms with E-state index in [1.54, 1.807) is 5.57 Å². The predicted octanol–water partition coefficient (Wildman–Crippen LogP) is 7.24. The fraction of sp³-hybridized carbons (Fsp3) is 0.838. The Hall–Kier alpha value is -1.66. The molecule has 0 aliphatic heterocycles. The summed E-state index contributed by atoms with van der Waals surface area (Å²) in [5, 5.41) is 6.34. The fourth-order valence-electron chi connectivity index (χ4n) is 10.0. The molecule has 6 nitrogen and oxygen atoms in total. The van der Waals surface area contributed by atoms with E-state index < -0.39 is 10.9 Å². The molecule has 4 aliphatic rings. The quantitative estimate of drug-likeness (QED) is 0.127. The van der Waals surface area contributed by atoms with E-state index in [4.69, 9.17) is 4.74 Å². The summed E-state index contributed by atoms with van der Waals surface area (Å²) in [6, 6.07) is 0. The Labute approximate surface area is 261 Å². The number of anilines is 2. The molecule has 2 N–H and O–H groups in total. The molecule has 0 spiro atoms. The lowest BCUT2D eigenvalue weighted by molar-refractivity contribution is -0.0579. The first-order valence-corrected chi connectivity index (χ1v) is 17.8. The van der Waals surface area contributed by atoms with Crippen molar-refractivity contribution in [3.8, 4) is 0 Å². The van der Waals surface area contributed by atoms with Crippen LogP contribution in [-0.2, 0) is 4.74 Å². The molecule has 1 aromatic carbocycles. The highest BCUT2D eigenvalue weighted by Crippen LogP contribution is 2.66. The van der Waals surface area contributed by atoms with Crippen LogP contribution in [0.5, 0.6) is 0 Å². The molecular formula is C37H61N3O3. The standard InChI is InChI=1S/C37H61N3O3/c1-25(2)10-7-8-11-26-13-15-30-29-14-12-27-24-28(16-18-37(27,4)31(29)17-19-36(26,30)3)43-23-21-39-33-32(34(41)35(33)42)38-20-9-22-40(5)6/h12,25-26,28-31,38-39H,7-11,13-24H2,1-6H3.